The van der Waals surface area contributed by atoms with Crippen LogP contribution in [0.5, 0.6) is 5.75 Å². The number of nitro groups is 1. The lowest BCUT2D eigenvalue weighted by atomic mass is 10.1. The van der Waals surface area contributed by atoms with Crippen LogP contribution >= 0.6 is 23.2 Å². The van der Waals surface area contributed by atoms with Crippen LogP contribution in [0, 0.1) is 24.0 Å². The molecule has 0 aromatic heterocycles. The first-order valence-electron chi connectivity index (χ1n) is 7.37. The number of carbonyl (C=O) groups is 1. The van der Waals surface area contributed by atoms with E-state index in [1.807, 2.05) is 13.8 Å². The van der Waals surface area contributed by atoms with E-state index in [2.05, 4.69) is 5.32 Å². The van der Waals surface area contributed by atoms with Crippen molar-refractivity contribution < 1.29 is 14.5 Å². The highest BCUT2D eigenvalue weighted by Gasteiger charge is 2.18. The monoisotopic (exact) mass is 382 g/mol. The number of carbonyl (C=O) groups excluding carboxylic acids is 1. The summed E-state index contributed by atoms with van der Waals surface area (Å²) in [6.07, 6.45) is -0.838. The van der Waals surface area contributed by atoms with Crippen LogP contribution in [0.15, 0.2) is 30.3 Å². The third-order valence-electron chi connectivity index (χ3n) is 3.51. The largest absolute Gasteiger partial charge is 0.481 e. The van der Waals surface area contributed by atoms with E-state index in [-0.39, 0.29) is 16.4 Å². The second-order valence-electron chi connectivity index (χ2n) is 5.54. The third-order valence-corrected chi connectivity index (χ3v) is 4.44. The Morgan fingerprint density at radius 2 is 1.80 bits per heavy atom. The number of nitrogens with zero attached hydrogens (tertiary/aromatic N) is 1. The number of hydrogen-bond acceptors (Lipinski definition) is 4. The summed E-state index contributed by atoms with van der Waals surface area (Å²) in [5.41, 5.74) is 1.66. The number of non-ortho nitro benzene ring substituents is 1. The van der Waals surface area contributed by atoms with Crippen LogP contribution in [-0.4, -0.2) is 16.9 Å². The fourth-order valence-corrected chi connectivity index (χ4v) is 2.46. The highest BCUT2D eigenvalue weighted by Crippen LogP contribution is 2.28. The standard InChI is InChI=1S/C17H16Cl2N2O4/c1-9-6-13(7-10(2)16(9)19)25-11(3)17(22)20-15-8-12(21(23)24)4-5-14(15)18/h4-8,11H,1-3H3,(H,20,22)/t11-/m1/s1. The predicted octanol–water partition coefficient (Wildman–Crippen LogP) is 4.92. The van der Waals surface area contributed by atoms with E-state index in [9.17, 15) is 14.9 Å². The number of anilines is 1. The predicted molar refractivity (Wildman–Crippen MR) is 97.8 cm³/mol. The van der Waals surface area contributed by atoms with Crippen molar-refractivity contribution in [2.45, 2.75) is 26.9 Å². The summed E-state index contributed by atoms with van der Waals surface area (Å²) in [6.45, 7) is 5.26. The van der Waals surface area contributed by atoms with E-state index in [1.54, 1.807) is 19.1 Å². The number of rotatable bonds is 5. The van der Waals surface area contributed by atoms with E-state index in [4.69, 9.17) is 27.9 Å². The normalized spacial score (nSPS) is 11.7. The Labute approximate surface area is 154 Å². The van der Waals surface area contributed by atoms with Crippen molar-refractivity contribution in [2.75, 3.05) is 5.32 Å². The van der Waals surface area contributed by atoms with Gasteiger partial charge in [-0.05, 0) is 50.1 Å². The first-order chi connectivity index (χ1) is 11.7. The minimum absolute atomic E-state index is 0.153. The van der Waals surface area contributed by atoms with Crippen LogP contribution in [0.3, 0.4) is 0 Å². The van der Waals surface area contributed by atoms with Gasteiger partial charge in [-0.2, -0.15) is 0 Å². The van der Waals surface area contributed by atoms with Gasteiger partial charge in [-0.1, -0.05) is 23.2 Å². The molecule has 0 radical (unpaired) electrons. The molecule has 6 nitrogen and oxygen atoms in total. The lowest BCUT2D eigenvalue weighted by Crippen LogP contribution is -2.30. The van der Waals surface area contributed by atoms with Gasteiger partial charge in [0.2, 0.25) is 0 Å². The first-order valence-corrected chi connectivity index (χ1v) is 8.13. The molecule has 0 spiro atoms. The summed E-state index contributed by atoms with van der Waals surface area (Å²) in [4.78, 5) is 22.6. The van der Waals surface area contributed by atoms with Crippen molar-refractivity contribution in [1.82, 2.24) is 0 Å². The van der Waals surface area contributed by atoms with Gasteiger partial charge in [0.25, 0.3) is 11.6 Å². The molecule has 0 saturated carbocycles. The van der Waals surface area contributed by atoms with Gasteiger partial charge in [0.05, 0.1) is 15.6 Å². The number of halogens is 2. The van der Waals surface area contributed by atoms with E-state index >= 15 is 0 Å². The average Bonchev–Trinajstić information content (AvgIpc) is 2.54. The second kappa shape index (κ2) is 7.72. The number of aryl methyl sites for hydroxylation is 2. The second-order valence-corrected chi connectivity index (χ2v) is 6.33. The maximum Gasteiger partial charge on any atom is 0.271 e. The molecular weight excluding hydrogens is 367 g/mol. The minimum Gasteiger partial charge on any atom is -0.481 e. The molecule has 0 heterocycles. The van der Waals surface area contributed by atoms with Gasteiger partial charge in [0.15, 0.2) is 6.10 Å². The van der Waals surface area contributed by atoms with Gasteiger partial charge in [-0.3, -0.25) is 14.9 Å². The van der Waals surface area contributed by atoms with E-state index in [0.29, 0.717) is 10.8 Å². The van der Waals surface area contributed by atoms with Crippen molar-refractivity contribution in [3.8, 4) is 5.75 Å². The lowest BCUT2D eigenvalue weighted by molar-refractivity contribution is -0.384. The highest BCUT2D eigenvalue weighted by molar-refractivity contribution is 6.33. The maximum absolute atomic E-state index is 12.3. The van der Waals surface area contributed by atoms with Gasteiger partial charge in [0.1, 0.15) is 5.75 Å². The summed E-state index contributed by atoms with van der Waals surface area (Å²) < 4.78 is 5.63. The SMILES string of the molecule is Cc1cc(O[C@H](C)C(=O)Nc2cc([N+](=O)[O-])ccc2Cl)cc(C)c1Cl. The number of ether oxygens (including phenoxy) is 1. The molecule has 2 aromatic carbocycles. The Kier molecular flexibility index (Phi) is 5.87. The molecule has 2 aromatic rings. The molecule has 0 saturated heterocycles. The molecule has 0 unspecified atom stereocenters. The Morgan fingerprint density at radius 3 is 2.36 bits per heavy atom. The van der Waals surface area contributed by atoms with Crippen LogP contribution in [0.2, 0.25) is 10.0 Å². The van der Waals surface area contributed by atoms with E-state index in [0.717, 1.165) is 11.1 Å². The summed E-state index contributed by atoms with van der Waals surface area (Å²) >= 11 is 12.1. The third kappa shape index (κ3) is 4.61. The van der Waals surface area contributed by atoms with Crippen molar-refractivity contribution in [3.63, 3.8) is 0 Å². The molecule has 2 rings (SSSR count). The zero-order chi connectivity index (χ0) is 18.7. The number of nitrogens with one attached hydrogen (secondary N) is 1. The van der Waals surface area contributed by atoms with Gasteiger partial charge >= 0.3 is 0 Å². The lowest BCUT2D eigenvalue weighted by Gasteiger charge is -2.16. The van der Waals surface area contributed by atoms with Gasteiger partial charge in [-0.25, -0.2) is 0 Å². The summed E-state index contributed by atoms with van der Waals surface area (Å²) in [5.74, 6) is 0.0276. The summed E-state index contributed by atoms with van der Waals surface area (Å²) in [5, 5.41) is 14.2. The van der Waals surface area contributed by atoms with Crippen LogP contribution in [0.4, 0.5) is 11.4 Å². The zero-order valence-electron chi connectivity index (χ0n) is 13.8. The molecule has 1 N–H and O–H groups in total. The van der Waals surface area contributed by atoms with Crippen molar-refractivity contribution in [1.29, 1.82) is 0 Å². The van der Waals surface area contributed by atoms with Crippen LogP contribution in [0.25, 0.3) is 0 Å². The Morgan fingerprint density at radius 1 is 1.20 bits per heavy atom. The van der Waals surface area contributed by atoms with Crippen LogP contribution in [0.1, 0.15) is 18.1 Å². The van der Waals surface area contributed by atoms with E-state index < -0.39 is 16.9 Å². The number of hydrogen-bond donors (Lipinski definition) is 1. The number of amides is 1. The van der Waals surface area contributed by atoms with Gasteiger partial charge in [-0.15, -0.1) is 0 Å². The minimum atomic E-state index is -0.838. The molecular formula is C17H16Cl2N2O4. The Bertz CT molecular complexity index is 816. The fraction of sp³-hybridized carbons (Fsp3) is 0.235. The molecule has 1 atom stereocenters. The zero-order valence-corrected chi connectivity index (χ0v) is 15.3. The molecule has 8 heteroatoms. The molecule has 0 fully saturated rings. The average molecular weight is 383 g/mol. The molecule has 25 heavy (non-hydrogen) atoms. The first kappa shape index (κ1) is 19.0. The van der Waals surface area contributed by atoms with Gasteiger partial charge < -0.3 is 10.1 Å². The fourth-order valence-electron chi connectivity index (χ4n) is 2.19. The molecule has 132 valence electrons. The smallest absolute Gasteiger partial charge is 0.271 e. The Hall–Kier alpha value is -2.31. The Balaban J connectivity index is 2.13. The molecule has 1 amide bonds. The van der Waals surface area contributed by atoms with Crippen LogP contribution in [-0.2, 0) is 4.79 Å². The van der Waals surface area contributed by atoms with E-state index in [1.165, 1.54) is 18.2 Å². The van der Waals surface area contributed by atoms with Crippen molar-refractivity contribution >= 4 is 40.5 Å². The molecule has 0 aliphatic rings. The molecule has 0 bridgehead atoms. The molecule has 0 aliphatic heterocycles. The van der Waals surface area contributed by atoms with Crippen molar-refractivity contribution in [3.05, 3.63) is 61.6 Å². The van der Waals surface area contributed by atoms with Crippen molar-refractivity contribution in [2.24, 2.45) is 0 Å². The number of nitro benzene ring substituents is 1. The summed E-state index contributed by atoms with van der Waals surface area (Å²) in [7, 11) is 0. The molecule has 0 aliphatic carbocycles. The summed E-state index contributed by atoms with van der Waals surface area (Å²) in [6, 6.07) is 7.28. The topological polar surface area (TPSA) is 81.5 Å². The quantitative estimate of drug-likeness (QED) is 0.587. The highest BCUT2D eigenvalue weighted by atomic mass is 35.5. The maximum atomic E-state index is 12.3. The number of benzene rings is 2. The van der Waals surface area contributed by atoms with Crippen LogP contribution < -0.4 is 10.1 Å². The van der Waals surface area contributed by atoms with Gasteiger partial charge in [0, 0.05) is 17.2 Å².